The first-order chi connectivity index (χ1) is 21.3. The van der Waals surface area contributed by atoms with Gasteiger partial charge in [0, 0.05) is 45.0 Å². The molecule has 2 aliphatic rings. The largest absolute Gasteiger partial charge is 0.343 e. The molecule has 232 valence electrons. The lowest BCUT2D eigenvalue weighted by Crippen LogP contribution is -2.66. The topological polar surface area (TPSA) is 129 Å². The Labute approximate surface area is 258 Å². The lowest BCUT2D eigenvalue weighted by atomic mass is 9.87. The number of nitrogens with one attached hydrogen (secondary N) is 3. The molecule has 1 aromatic heterocycles. The fourth-order valence-corrected chi connectivity index (χ4v) is 6.24. The average molecular weight is 600 g/mol. The van der Waals surface area contributed by atoms with Gasteiger partial charge in [-0.2, -0.15) is 0 Å². The summed E-state index contributed by atoms with van der Waals surface area (Å²) in [5.74, 6) is -1.11. The maximum atomic E-state index is 14.5. The fourth-order valence-electron chi connectivity index (χ4n) is 6.24. The number of carbonyl (C=O) groups is 4. The molecule has 5 rings (SSSR count). The van der Waals surface area contributed by atoms with Gasteiger partial charge in [0.15, 0.2) is 0 Å². The molecule has 0 aliphatic carbocycles. The summed E-state index contributed by atoms with van der Waals surface area (Å²) in [6, 6.07) is 17.6. The first kappa shape index (κ1) is 30.9. The van der Waals surface area contributed by atoms with Crippen LogP contribution in [0.1, 0.15) is 49.8 Å². The molecule has 3 N–H and O–H groups in total. The number of imidazole rings is 1. The van der Waals surface area contributed by atoms with Crippen molar-refractivity contribution < 1.29 is 19.2 Å². The number of fused-ring (bicyclic) bond motifs is 1. The Hall–Kier alpha value is -4.51. The molecular weight excluding hydrogens is 558 g/mol. The smallest absolute Gasteiger partial charge is 0.247 e. The van der Waals surface area contributed by atoms with Crippen molar-refractivity contribution in [2.24, 2.45) is 0 Å². The first-order valence-electron chi connectivity index (χ1n) is 15.3. The van der Waals surface area contributed by atoms with Crippen LogP contribution in [0.3, 0.4) is 0 Å². The molecular formula is C33H41N7O4. The highest BCUT2D eigenvalue weighted by molar-refractivity contribution is 5.96. The van der Waals surface area contributed by atoms with Crippen molar-refractivity contribution in [2.75, 3.05) is 26.7 Å². The maximum Gasteiger partial charge on any atom is 0.247 e. The second kappa shape index (κ2) is 13.9. The molecule has 44 heavy (non-hydrogen) atoms. The third-order valence-corrected chi connectivity index (χ3v) is 8.82. The lowest BCUT2D eigenvalue weighted by Gasteiger charge is -2.44. The van der Waals surface area contributed by atoms with Gasteiger partial charge in [-0.3, -0.25) is 19.2 Å². The molecule has 2 saturated heterocycles. The first-order valence-corrected chi connectivity index (χ1v) is 15.3. The fraction of sp³-hybridized carbons (Fsp3) is 0.424. The quantitative estimate of drug-likeness (QED) is 0.327. The molecule has 2 aromatic carbocycles. The van der Waals surface area contributed by atoms with E-state index in [1.807, 2.05) is 60.7 Å². The van der Waals surface area contributed by atoms with Crippen LogP contribution in [-0.4, -0.2) is 87.3 Å². The summed E-state index contributed by atoms with van der Waals surface area (Å²) in [7, 11) is 1.70. The van der Waals surface area contributed by atoms with E-state index in [0.29, 0.717) is 32.4 Å². The van der Waals surface area contributed by atoms with Gasteiger partial charge in [-0.25, -0.2) is 4.98 Å². The van der Waals surface area contributed by atoms with Gasteiger partial charge < -0.3 is 30.3 Å². The number of nitrogens with zero attached hydrogens (tertiary/aromatic N) is 4. The molecule has 11 nitrogen and oxygen atoms in total. The molecule has 3 atom stereocenters. The van der Waals surface area contributed by atoms with Gasteiger partial charge >= 0.3 is 0 Å². The van der Waals surface area contributed by atoms with Gasteiger partial charge in [0.2, 0.25) is 23.6 Å². The van der Waals surface area contributed by atoms with Crippen LogP contribution in [-0.2, 0) is 25.7 Å². The number of hydrogen-bond acceptors (Lipinski definition) is 6. The van der Waals surface area contributed by atoms with E-state index in [1.165, 1.54) is 0 Å². The SMILES string of the molecule is CN[C@H](C)C(=O)N1CC[C@]2(C(=O)NC(c3ccccc3)c3ccccc3)CCCN2C(=O)C(NC(=O)CCn2ccnc2)C1. The summed E-state index contributed by atoms with van der Waals surface area (Å²) in [4.78, 5) is 62.5. The number of rotatable bonds is 10. The third kappa shape index (κ3) is 6.67. The summed E-state index contributed by atoms with van der Waals surface area (Å²) in [6.07, 6.45) is 6.58. The molecule has 0 spiro atoms. The van der Waals surface area contributed by atoms with E-state index in [4.69, 9.17) is 0 Å². The Kier molecular flexibility index (Phi) is 9.74. The summed E-state index contributed by atoms with van der Waals surface area (Å²) in [6.45, 7) is 2.87. The van der Waals surface area contributed by atoms with E-state index >= 15 is 0 Å². The zero-order valence-electron chi connectivity index (χ0n) is 25.3. The summed E-state index contributed by atoms with van der Waals surface area (Å²) in [5.41, 5.74) is 0.682. The Morgan fingerprint density at radius 1 is 1.00 bits per heavy atom. The van der Waals surface area contributed by atoms with Crippen molar-refractivity contribution in [1.29, 1.82) is 0 Å². The average Bonchev–Trinajstić information content (AvgIpc) is 3.74. The predicted octanol–water partition coefficient (Wildman–Crippen LogP) is 1.87. The van der Waals surface area contributed by atoms with Crippen LogP contribution < -0.4 is 16.0 Å². The van der Waals surface area contributed by atoms with E-state index < -0.39 is 23.7 Å². The number of amides is 4. The number of carbonyl (C=O) groups excluding carboxylic acids is 4. The van der Waals surface area contributed by atoms with Gasteiger partial charge in [-0.05, 0) is 44.4 Å². The molecule has 11 heteroatoms. The summed E-state index contributed by atoms with van der Waals surface area (Å²) in [5, 5.41) is 9.15. The van der Waals surface area contributed by atoms with Gasteiger partial charge in [-0.1, -0.05) is 60.7 Å². The molecule has 2 fully saturated rings. The number of aromatic nitrogens is 2. The van der Waals surface area contributed by atoms with Crippen LogP contribution in [0, 0.1) is 0 Å². The normalized spacial score (nSPS) is 20.9. The molecule has 1 unspecified atom stereocenters. The highest BCUT2D eigenvalue weighted by Crippen LogP contribution is 2.36. The van der Waals surface area contributed by atoms with Crippen molar-refractivity contribution in [3.63, 3.8) is 0 Å². The van der Waals surface area contributed by atoms with E-state index in [2.05, 4.69) is 20.9 Å². The van der Waals surface area contributed by atoms with Crippen molar-refractivity contribution >= 4 is 23.6 Å². The monoisotopic (exact) mass is 599 g/mol. The Balaban J connectivity index is 1.44. The number of benzene rings is 2. The van der Waals surface area contributed by atoms with Crippen LogP contribution in [0.15, 0.2) is 79.4 Å². The lowest BCUT2D eigenvalue weighted by molar-refractivity contribution is -0.152. The Morgan fingerprint density at radius 3 is 2.30 bits per heavy atom. The van der Waals surface area contributed by atoms with Crippen LogP contribution in [0.25, 0.3) is 0 Å². The number of likely N-dealkylation sites (N-methyl/N-ethyl adjacent to an activating group) is 1. The minimum Gasteiger partial charge on any atom is -0.343 e. The molecule has 2 aliphatic heterocycles. The summed E-state index contributed by atoms with van der Waals surface area (Å²) < 4.78 is 1.79. The molecule has 3 heterocycles. The number of hydrogen-bond donors (Lipinski definition) is 3. The standard InChI is InChI=1S/C33H41N7O4/c1-24(34-2)30(42)39-20-16-33(32(44)37-29(25-10-5-3-6-11-25)26-12-7-4-8-13-26)15-9-18-40(33)31(43)27(22-39)36-28(41)14-19-38-21-17-35-23-38/h3-8,10-13,17,21,23-24,27,29,34H,9,14-16,18-20,22H2,1-2H3,(H,36,41)(H,37,44)/t24-,27?,33+/m1/s1. The molecule has 4 amide bonds. The third-order valence-electron chi connectivity index (χ3n) is 8.82. The number of aryl methyl sites for hydroxylation is 1. The summed E-state index contributed by atoms with van der Waals surface area (Å²) >= 11 is 0. The highest BCUT2D eigenvalue weighted by Gasteiger charge is 2.53. The van der Waals surface area contributed by atoms with Crippen LogP contribution in [0.5, 0.6) is 0 Å². The minimum absolute atomic E-state index is 0.0331. The Morgan fingerprint density at radius 2 is 1.68 bits per heavy atom. The van der Waals surface area contributed by atoms with Crippen LogP contribution in [0.2, 0.25) is 0 Å². The second-order valence-corrected chi connectivity index (χ2v) is 11.6. The van der Waals surface area contributed by atoms with Gasteiger partial charge in [0.1, 0.15) is 11.6 Å². The van der Waals surface area contributed by atoms with Gasteiger partial charge in [0.05, 0.1) is 18.4 Å². The molecule has 0 bridgehead atoms. The predicted molar refractivity (Wildman–Crippen MR) is 165 cm³/mol. The Bertz CT molecular complexity index is 1390. The maximum absolute atomic E-state index is 14.5. The van der Waals surface area contributed by atoms with E-state index in [-0.39, 0.29) is 43.1 Å². The van der Waals surface area contributed by atoms with Crippen molar-refractivity contribution in [3.8, 4) is 0 Å². The van der Waals surface area contributed by atoms with Crippen LogP contribution in [0.4, 0.5) is 0 Å². The second-order valence-electron chi connectivity index (χ2n) is 11.6. The molecule has 3 aromatic rings. The van der Waals surface area contributed by atoms with Crippen molar-refractivity contribution in [2.45, 2.75) is 62.8 Å². The van der Waals surface area contributed by atoms with Gasteiger partial charge in [-0.15, -0.1) is 0 Å². The minimum atomic E-state index is -1.17. The molecule has 0 radical (unpaired) electrons. The van der Waals surface area contributed by atoms with E-state index in [0.717, 1.165) is 11.1 Å². The zero-order chi connectivity index (χ0) is 31.1. The highest BCUT2D eigenvalue weighted by atomic mass is 16.2. The zero-order valence-corrected chi connectivity index (χ0v) is 25.3. The van der Waals surface area contributed by atoms with E-state index in [9.17, 15) is 19.2 Å². The molecule has 0 saturated carbocycles. The van der Waals surface area contributed by atoms with Crippen LogP contribution >= 0.6 is 0 Å². The van der Waals surface area contributed by atoms with Crippen molar-refractivity contribution in [1.82, 2.24) is 35.3 Å². The van der Waals surface area contributed by atoms with Gasteiger partial charge in [0.25, 0.3) is 0 Å². The van der Waals surface area contributed by atoms with E-state index in [1.54, 1.807) is 47.1 Å². The van der Waals surface area contributed by atoms with Crippen molar-refractivity contribution in [3.05, 3.63) is 90.5 Å².